The average molecular weight is 345 g/mol. The van der Waals surface area contributed by atoms with Gasteiger partial charge in [0.2, 0.25) is 11.2 Å². The molecule has 24 heavy (non-hydrogen) atoms. The van der Waals surface area contributed by atoms with Crippen molar-refractivity contribution in [1.82, 2.24) is 15.0 Å². The summed E-state index contributed by atoms with van der Waals surface area (Å²) in [5, 5.41) is 0.110. The van der Waals surface area contributed by atoms with Gasteiger partial charge in [-0.1, -0.05) is 30.3 Å². The number of nitrogens with zero attached hydrogens (tertiary/aromatic N) is 5. The van der Waals surface area contributed by atoms with Crippen molar-refractivity contribution in [3.63, 3.8) is 0 Å². The lowest BCUT2D eigenvalue weighted by Gasteiger charge is -2.26. The van der Waals surface area contributed by atoms with Gasteiger partial charge in [0.1, 0.15) is 0 Å². The van der Waals surface area contributed by atoms with Gasteiger partial charge in [-0.3, -0.25) is 0 Å². The minimum absolute atomic E-state index is 0.110. The van der Waals surface area contributed by atoms with Crippen molar-refractivity contribution in [1.29, 1.82) is 0 Å². The second-order valence-electron chi connectivity index (χ2n) is 5.07. The fourth-order valence-corrected chi connectivity index (χ4v) is 2.35. The molecule has 0 bridgehead atoms. The van der Waals surface area contributed by atoms with Crippen molar-refractivity contribution < 1.29 is 4.74 Å². The molecule has 0 radical (unpaired) electrons. The Morgan fingerprint density at radius 2 is 1.92 bits per heavy atom. The van der Waals surface area contributed by atoms with E-state index >= 15 is 0 Å². The molecule has 1 aromatic heterocycles. The molecule has 0 unspecified atom stereocenters. The van der Waals surface area contributed by atoms with Crippen LogP contribution in [0.25, 0.3) is 5.70 Å². The molecule has 124 valence electrons. The maximum absolute atomic E-state index is 6.00. The van der Waals surface area contributed by atoms with E-state index in [-0.39, 0.29) is 11.2 Å². The van der Waals surface area contributed by atoms with E-state index in [2.05, 4.69) is 19.9 Å². The molecule has 1 fully saturated rings. The van der Waals surface area contributed by atoms with Crippen LogP contribution in [-0.2, 0) is 4.74 Å². The van der Waals surface area contributed by atoms with Gasteiger partial charge in [-0.15, -0.1) is 0 Å². The van der Waals surface area contributed by atoms with Gasteiger partial charge in [0.15, 0.2) is 0 Å². The third-order valence-corrected chi connectivity index (χ3v) is 3.60. The second kappa shape index (κ2) is 7.85. The van der Waals surface area contributed by atoms with E-state index in [1.807, 2.05) is 35.2 Å². The number of aliphatic imine (C=N–C) groups is 1. The van der Waals surface area contributed by atoms with E-state index in [0.29, 0.717) is 37.9 Å². The highest BCUT2D eigenvalue weighted by Gasteiger charge is 2.15. The van der Waals surface area contributed by atoms with Crippen LogP contribution in [0.5, 0.6) is 0 Å². The molecule has 1 aliphatic heterocycles. The molecule has 8 heteroatoms. The number of anilines is 1. The SMILES string of the molecule is N/C(=C\C=N\c1nc(Cl)nc(N2CCOCC2)n1)c1ccccc1. The zero-order valence-electron chi connectivity index (χ0n) is 13.0. The van der Waals surface area contributed by atoms with E-state index < -0.39 is 0 Å². The topological polar surface area (TPSA) is 89.5 Å². The van der Waals surface area contributed by atoms with Crippen molar-refractivity contribution >= 4 is 35.4 Å². The zero-order valence-corrected chi connectivity index (χ0v) is 13.7. The fraction of sp³-hybridized carbons (Fsp3) is 0.250. The summed E-state index contributed by atoms with van der Waals surface area (Å²) in [7, 11) is 0. The first-order valence-electron chi connectivity index (χ1n) is 7.52. The predicted molar refractivity (Wildman–Crippen MR) is 94.6 cm³/mol. The highest BCUT2D eigenvalue weighted by atomic mass is 35.5. The summed E-state index contributed by atoms with van der Waals surface area (Å²) >= 11 is 5.97. The third-order valence-electron chi connectivity index (χ3n) is 3.43. The standard InChI is InChI=1S/C16H17ClN6O/c17-14-20-15(22-16(21-14)23-8-10-24-11-9-23)19-7-6-13(18)12-4-2-1-3-5-12/h1-7H,8-11,18H2/b13-6-,19-7+. The molecule has 2 heterocycles. The number of rotatable bonds is 4. The molecule has 0 saturated carbocycles. The van der Waals surface area contributed by atoms with Crippen LogP contribution in [0.2, 0.25) is 5.28 Å². The molecule has 2 N–H and O–H groups in total. The number of aromatic nitrogens is 3. The molecule has 1 aromatic carbocycles. The summed E-state index contributed by atoms with van der Waals surface area (Å²) in [6.07, 6.45) is 3.25. The molecular formula is C16H17ClN6O. The lowest BCUT2D eigenvalue weighted by molar-refractivity contribution is 0.122. The van der Waals surface area contributed by atoms with Crippen LogP contribution in [0.15, 0.2) is 41.4 Å². The van der Waals surface area contributed by atoms with Crippen LogP contribution in [0.3, 0.4) is 0 Å². The minimum Gasteiger partial charge on any atom is -0.398 e. The van der Waals surface area contributed by atoms with Crippen LogP contribution in [0, 0.1) is 0 Å². The lowest BCUT2D eigenvalue weighted by Crippen LogP contribution is -2.37. The lowest BCUT2D eigenvalue weighted by atomic mass is 10.1. The van der Waals surface area contributed by atoms with E-state index in [1.165, 1.54) is 0 Å². The molecule has 0 atom stereocenters. The van der Waals surface area contributed by atoms with Crippen LogP contribution in [0.1, 0.15) is 5.56 Å². The van der Waals surface area contributed by atoms with E-state index in [0.717, 1.165) is 5.56 Å². The summed E-state index contributed by atoms with van der Waals surface area (Å²) in [6.45, 7) is 2.70. The number of nitrogens with two attached hydrogens (primary N) is 1. The number of morpholine rings is 1. The number of hydrogen-bond acceptors (Lipinski definition) is 7. The summed E-state index contributed by atoms with van der Waals surface area (Å²) in [5.41, 5.74) is 7.53. The van der Waals surface area contributed by atoms with Crippen molar-refractivity contribution in [2.75, 3.05) is 31.2 Å². The Kier molecular flexibility index (Phi) is 5.35. The zero-order chi connectivity index (χ0) is 16.8. The first kappa shape index (κ1) is 16.4. The van der Waals surface area contributed by atoms with E-state index in [4.69, 9.17) is 22.1 Å². The first-order valence-corrected chi connectivity index (χ1v) is 7.90. The average Bonchev–Trinajstić information content (AvgIpc) is 2.63. The first-order chi connectivity index (χ1) is 11.7. The maximum atomic E-state index is 6.00. The normalized spacial score (nSPS) is 15.9. The molecule has 2 aromatic rings. The van der Waals surface area contributed by atoms with Crippen molar-refractivity contribution in [2.45, 2.75) is 0 Å². The van der Waals surface area contributed by atoms with E-state index in [9.17, 15) is 0 Å². The Labute approximate surface area is 144 Å². The van der Waals surface area contributed by atoms with Gasteiger partial charge in [-0.25, -0.2) is 4.99 Å². The summed E-state index contributed by atoms with van der Waals surface area (Å²) in [4.78, 5) is 18.7. The molecule has 0 aliphatic carbocycles. The number of hydrogen-bond donors (Lipinski definition) is 1. The fourth-order valence-electron chi connectivity index (χ4n) is 2.20. The number of benzene rings is 1. The van der Waals surface area contributed by atoms with Crippen LogP contribution in [-0.4, -0.2) is 47.5 Å². The quantitative estimate of drug-likeness (QED) is 0.854. The highest BCUT2D eigenvalue weighted by Crippen LogP contribution is 2.16. The number of allylic oxidation sites excluding steroid dienone is 1. The third kappa shape index (κ3) is 4.27. The molecule has 1 saturated heterocycles. The van der Waals surface area contributed by atoms with E-state index in [1.54, 1.807) is 12.3 Å². The minimum atomic E-state index is 0.110. The van der Waals surface area contributed by atoms with Gasteiger partial charge in [-0.2, -0.15) is 15.0 Å². The summed E-state index contributed by atoms with van der Waals surface area (Å²) in [5.74, 6) is 0.749. The Bertz CT molecular complexity index is 743. The second-order valence-corrected chi connectivity index (χ2v) is 5.41. The van der Waals surface area contributed by atoms with Gasteiger partial charge in [0.05, 0.1) is 13.2 Å². The van der Waals surface area contributed by atoms with Crippen LogP contribution >= 0.6 is 11.6 Å². The Hall–Kier alpha value is -2.51. The van der Waals surface area contributed by atoms with Crippen LogP contribution < -0.4 is 10.6 Å². The largest absolute Gasteiger partial charge is 0.398 e. The number of halogens is 1. The van der Waals surface area contributed by atoms with Gasteiger partial charge >= 0.3 is 0 Å². The van der Waals surface area contributed by atoms with Crippen LogP contribution in [0.4, 0.5) is 11.9 Å². The predicted octanol–water partition coefficient (Wildman–Crippen LogP) is 2.06. The van der Waals surface area contributed by atoms with Gasteiger partial charge < -0.3 is 15.4 Å². The van der Waals surface area contributed by atoms with Gasteiger partial charge in [0.25, 0.3) is 5.95 Å². The molecule has 0 amide bonds. The molecule has 1 aliphatic rings. The van der Waals surface area contributed by atoms with Crippen molar-refractivity contribution in [3.8, 4) is 0 Å². The van der Waals surface area contributed by atoms with Gasteiger partial charge in [-0.05, 0) is 23.2 Å². The van der Waals surface area contributed by atoms with Crippen molar-refractivity contribution in [3.05, 3.63) is 47.3 Å². The van der Waals surface area contributed by atoms with Gasteiger partial charge in [0, 0.05) is 25.0 Å². The molecule has 7 nitrogen and oxygen atoms in total. The summed E-state index contributed by atoms with van der Waals surface area (Å²) in [6, 6.07) is 9.64. The Morgan fingerprint density at radius 3 is 2.67 bits per heavy atom. The smallest absolute Gasteiger partial charge is 0.255 e. The Morgan fingerprint density at radius 1 is 1.17 bits per heavy atom. The Balaban J connectivity index is 1.76. The molecule has 0 spiro atoms. The monoisotopic (exact) mass is 344 g/mol. The summed E-state index contributed by atoms with van der Waals surface area (Å²) < 4.78 is 5.32. The molecule has 3 rings (SSSR count). The highest BCUT2D eigenvalue weighted by molar-refractivity contribution is 6.28. The number of ether oxygens (including phenoxy) is 1. The molecular weight excluding hydrogens is 328 g/mol. The maximum Gasteiger partial charge on any atom is 0.255 e. The van der Waals surface area contributed by atoms with Crippen molar-refractivity contribution in [2.24, 2.45) is 10.7 Å².